The minimum Gasteiger partial charge on any atom is -0.378 e. The Balaban J connectivity index is 1.93. The summed E-state index contributed by atoms with van der Waals surface area (Å²) in [6.07, 6.45) is 4.79. The van der Waals surface area contributed by atoms with E-state index in [4.69, 9.17) is 16.3 Å². The Morgan fingerprint density at radius 1 is 1.65 bits per heavy atom. The van der Waals surface area contributed by atoms with Crippen LogP contribution in [0.5, 0.6) is 0 Å². The van der Waals surface area contributed by atoms with Crippen molar-refractivity contribution in [2.45, 2.75) is 31.3 Å². The van der Waals surface area contributed by atoms with Crippen LogP contribution in [0.25, 0.3) is 0 Å². The van der Waals surface area contributed by atoms with Crippen LogP contribution >= 0.6 is 11.6 Å². The molecule has 1 aromatic rings. The van der Waals surface area contributed by atoms with Gasteiger partial charge in [-0.25, -0.2) is 9.97 Å². The van der Waals surface area contributed by atoms with Gasteiger partial charge in [-0.15, -0.1) is 0 Å². The molecule has 17 heavy (non-hydrogen) atoms. The molecule has 0 aliphatic heterocycles. The molecule has 0 spiro atoms. The topological polar surface area (TPSA) is 64.1 Å². The van der Waals surface area contributed by atoms with E-state index in [1.54, 1.807) is 13.2 Å². The summed E-state index contributed by atoms with van der Waals surface area (Å²) in [6, 6.07) is 1.56. The fourth-order valence-corrected chi connectivity index (χ4v) is 2.02. The van der Waals surface area contributed by atoms with Crippen molar-refractivity contribution in [3.63, 3.8) is 0 Å². The third-order valence-electron chi connectivity index (χ3n) is 3.05. The van der Waals surface area contributed by atoms with Crippen molar-refractivity contribution in [1.29, 1.82) is 0 Å². The molecular weight excluding hydrogens is 242 g/mol. The van der Waals surface area contributed by atoms with Crippen LogP contribution in [-0.2, 0) is 9.53 Å². The van der Waals surface area contributed by atoms with Gasteiger partial charge in [0.25, 0.3) is 0 Å². The van der Waals surface area contributed by atoms with Gasteiger partial charge in [-0.05, 0) is 25.3 Å². The molecule has 1 aromatic heterocycles. The number of nitrogens with zero attached hydrogens (tertiary/aromatic N) is 2. The highest BCUT2D eigenvalue weighted by Gasteiger charge is 2.39. The largest absolute Gasteiger partial charge is 0.378 e. The molecule has 1 N–H and O–H groups in total. The first-order valence-electron chi connectivity index (χ1n) is 5.47. The Kier molecular flexibility index (Phi) is 3.59. The molecule has 5 nitrogen and oxygen atoms in total. The van der Waals surface area contributed by atoms with E-state index in [0.29, 0.717) is 11.6 Å². The number of anilines is 1. The molecule has 6 heteroatoms. The van der Waals surface area contributed by atoms with E-state index in [-0.39, 0.29) is 17.5 Å². The number of rotatable bonds is 4. The van der Waals surface area contributed by atoms with Gasteiger partial charge in [-0.1, -0.05) is 11.6 Å². The van der Waals surface area contributed by atoms with Crippen LogP contribution in [0, 0.1) is 0 Å². The first-order valence-corrected chi connectivity index (χ1v) is 5.85. The molecule has 1 aliphatic carbocycles. The van der Waals surface area contributed by atoms with Crippen molar-refractivity contribution in [2.24, 2.45) is 0 Å². The fourth-order valence-electron chi connectivity index (χ4n) is 1.88. The lowest BCUT2D eigenvalue weighted by Crippen LogP contribution is -2.42. The van der Waals surface area contributed by atoms with Crippen LogP contribution in [0.3, 0.4) is 0 Å². The Bertz CT molecular complexity index is 415. The number of aromatic nitrogens is 2. The summed E-state index contributed by atoms with van der Waals surface area (Å²) in [5, 5.41) is 2.92. The number of hydrogen-bond donors (Lipinski definition) is 1. The van der Waals surface area contributed by atoms with Gasteiger partial charge in [0, 0.05) is 13.3 Å². The van der Waals surface area contributed by atoms with Crippen LogP contribution in [0.4, 0.5) is 5.95 Å². The fraction of sp³-hybridized carbons (Fsp3) is 0.545. The molecule has 92 valence electrons. The molecule has 1 heterocycles. The van der Waals surface area contributed by atoms with E-state index in [2.05, 4.69) is 15.3 Å². The van der Waals surface area contributed by atoms with Crippen molar-refractivity contribution in [2.75, 3.05) is 12.4 Å². The molecule has 0 radical (unpaired) electrons. The summed E-state index contributed by atoms with van der Waals surface area (Å²) in [4.78, 5) is 19.6. The molecule has 1 saturated carbocycles. The zero-order valence-corrected chi connectivity index (χ0v) is 10.3. The molecule has 0 saturated heterocycles. The molecule has 1 fully saturated rings. The lowest BCUT2D eigenvalue weighted by atomic mass is 9.77. The summed E-state index contributed by atoms with van der Waals surface area (Å²) in [7, 11) is 1.64. The van der Waals surface area contributed by atoms with E-state index < -0.39 is 0 Å². The number of halogens is 1. The van der Waals surface area contributed by atoms with E-state index in [1.807, 2.05) is 0 Å². The Hall–Kier alpha value is -1.20. The Morgan fingerprint density at radius 3 is 2.94 bits per heavy atom. The van der Waals surface area contributed by atoms with E-state index in [1.165, 1.54) is 6.20 Å². The quantitative estimate of drug-likeness (QED) is 0.836. The molecule has 0 unspecified atom stereocenters. The summed E-state index contributed by atoms with van der Waals surface area (Å²) >= 11 is 5.70. The number of nitrogens with one attached hydrogen (secondary N) is 1. The number of methoxy groups -OCH3 is 1. The standard InChI is InChI=1S/C11H14ClN3O2/c1-17-11(4-2-5-11)7-9(16)15-10-13-6-3-8(12)14-10/h3,6H,2,4-5,7H2,1H3,(H,13,14,15,16). The molecule has 0 atom stereocenters. The Labute approximate surface area is 105 Å². The smallest absolute Gasteiger partial charge is 0.230 e. The lowest BCUT2D eigenvalue weighted by Gasteiger charge is -2.39. The van der Waals surface area contributed by atoms with Crippen molar-refractivity contribution in [3.8, 4) is 0 Å². The number of carbonyl (C=O) groups excluding carboxylic acids is 1. The third kappa shape index (κ3) is 2.92. The molecule has 1 amide bonds. The van der Waals surface area contributed by atoms with Gasteiger partial charge in [-0.3, -0.25) is 10.1 Å². The summed E-state index contributed by atoms with van der Waals surface area (Å²) < 4.78 is 5.38. The highest BCUT2D eigenvalue weighted by Crippen LogP contribution is 2.38. The Morgan fingerprint density at radius 2 is 2.41 bits per heavy atom. The molecule has 0 bridgehead atoms. The highest BCUT2D eigenvalue weighted by atomic mass is 35.5. The van der Waals surface area contributed by atoms with Crippen LogP contribution in [0.2, 0.25) is 5.15 Å². The maximum Gasteiger partial charge on any atom is 0.230 e. The van der Waals surface area contributed by atoms with Crippen molar-refractivity contribution in [3.05, 3.63) is 17.4 Å². The second-order valence-corrected chi connectivity index (χ2v) is 4.56. The van der Waals surface area contributed by atoms with Gasteiger partial charge < -0.3 is 4.74 Å². The molecule has 2 rings (SSSR count). The van der Waals surface area contributed by atoms with Crippen molar-refractivity contribution >= 4 is 23.5 Å². The zero-order valence-electron chi connectivity index (χ0n) is 9.57. The minimum absolute atomic E-state index is 0.145. The van der Waals surface area contributed by atoms with Gasteiger partial charge >= 0.3 is 0 Å². The minimum atomic E-state index is -0.289. The first kappa shape index (κ1) is 12.3. The third-order valence-corrected chi connectivity index (χ3v) is 3.26. The predicted octanol–water partition coefficient (Wildman–Crippen LogP) is 2.03. The average molecular weight is 256 g/mol. The summed E-state index contributed by atoms with van der Waals surface area (Å²) in [5.41, 5.74) is -0.289. The van der Waals surface area contributed by atoms with E-state index >= 15 is 0 Å². The van der Waals surface area contributed by atoms with Crippen molar-refractivity contribution < 1.29 is 9.53 Å². The van der Waals surface area contributed by atoms with Gasteiger partial charge in [0.2, 0.25) is 11.9 Å². The normalized spacial score (nSPS) is 17.3. The molecule has 1 aliphatic rings. The van der Waals surface area contributed by atoms with Crippen LogP contribution in [0.1, 0.15) is 25.7 Å². The maximum atomic E-state index is 11.8. The second kappa shape index (κ2) is 4.98. The van der Waals surface area contributed by atoms with Gasteiger partial charge in [0.15, 0.2) is 0 Å². The average Bonchev–Trinajstić information content (AvgIpc) is 2.23. The zero-order chi connectivity index (χ0) is 12.3. The van der Waals surface area contributed by atoms with Gasteiger partial charge in [0.1, 0.15) is 5.15 Å². The van der Waals surface area contributed by atoms with E-state index in [0.717, 1.165) is 19.3 Å². The SMILES string of the molecule is COC1(CC(=O)Nc2nccc(Cl)n2)CCC1. The van der Waals surface area contributed by atoms with Gasteiger partial charge in [-0.2, -0.15) is 0 Å². The number of ether oxygens (including phenoxy) is 1. The van der Waals surface area contributed by atoms with E-state index in [9.17, 15) is 4.79 Å². The first-order chi connectivity index (χ1) is 8.13. The maximum absolute atomic E-state index is 11.8. The predicted molar refractivity (Wildman–Crippen MR) is 63.9 cm³/mol. The van der Waals surface area contributed by atoms with Gasteiger partial charge in [0.05, 0.1) is 12.0 Å². The van der Waals surface area contributed by atoms with Crippen LogP contribution < -0.4 is 5.32 Å². The monoisotopic (exact) mass is 255 g/mol. The number of carbonyl (C=O) groups is 1. The highest BCUT2D eigenvalue weighted by molar-refractivity contribution is 6.29. The van der Waals surface area contributed by atoms with Crippen LogP contribution in [0.15, 0.2) is 12.3 Å². The second-order valence-electron chi connectivity index (χ2n) is 4.17. The molecule has 0 aromatic carbocycles. The summed E-state index contributed by atoms with van der Waals surface area (Å²) in [6.45, 7) is 0. The van der Waals surface area contributed by atoms with Crippen LogP contribution in [-0.4, -0.2) is 28.6 Å². The number of amides is 1. The lowest BCUT2D eigenvalue weighted by molar-refractivity contribution is -0.129. The number of hydrogen-bond acceptors (Lipinski definition) is 4. The molecular formula is C11H14ClN3O2. The summed E-state index contributed by atoms with van der Waals surface area (Å²) in [5.74, 6) is 0.0851. The van der Waals surface area contributed by atoms with Crippen molar-refractivity contribution in [1.82, 2.24) is 9.97 Å².